The van der Waals surface area contributed by atoms with Crippen LogP contribution in [0.2, 0.25) is 5.02 Å². The van der Waals surface area contributed by atoms with Gasteiger partial charge in [-0.1, -0.05) is 11.6 Å². The second-order valence-corrected chi connectivity index (χ2v) is 4.99. The minimum atomic E-state index is -1.39. The molecule has 1 rings (SSSR count). The number of carbonyl (C=O) groups excluding carboxylic acids is 1. The first-order valence-corrected chi connectivity index (χ1v) is 6.08. The van der Waals surface area contributed by atoms with Crippen molar-refractivity contribution in [3.63, 3.8) is 0 Å². The Morgan fingerprint density at radius 2 is 1.85 bits per heavy atom. The molecule has 0 heterocycles. The summed E-state index contributed by atoms with van der Waals surface area (Å²) in [5.74, 6) is -1.11. The summed E-state index contributed by atoms with van der Waals surface area (Å²) in [6, 6.07) is 2.81. The van der Waals surface area contributed by atoms with Crippen molar-refractivity contribution < 1.29 is 24.2 Å². The first kappa shape index (κ1) is 16.1. The average molecular weight is 302 g/mol. The zero-order valence-corrected chi connectivity index (χ0v) is 12.4. The van der Waals surface area contributed by atoms with Crippen molar-refractivity contribution in [2.45, 2.75) is 19.4 Å². The van der Waals surface area contributed by atoms with Gasteiger partial charge in [0.05, 0.1) is 19.2 Å². The number of carboxylic acid groups (broad SMARTS) is 1. The number of nitrogens with one attached hydrogen (secondary N) is 1. The Hall–Kier alpha value is -1.95. The molecule has 7 heteroatoms. The van der Waals surface area contributed by atoms with Crippen LogP contribution in [0.5, 0.6) is 11.5 Å². The maximum atomic E-state index is 12.1. The van der Waals surface area contributed by atoms with Gasteiger partial charge in [0, 0.05) is 5.56 Å². The molecule has 0 radical (unpaired) electrons. The summed E-state index contributed by atoms with van der Waals surface area (Å²) in [5, 5.41) is 11.6. The van der Waals surface area contributed by atoms with Gasteiger partial charge in [-0.05, 0) is 26.0 Å². The number of benzene rings is 1. The fourth-order valence-electron chi connectivity index (χ4n) is 1.46. The maximum absolute atomic E-state index is 12.1. The van der Waals surface area contributed by atoms with Gasteiger partial charge in [0.25, 0.3) is 5.91 Å². The highest BCUT2D eigenvalue weighted by molar-refractivity contribution is 6.32. The number of ether oxygens (including phenoxy) is 2. The number of hydrogen-bond acceptors (Lipinski definition) is 4. The third kappa shape index (κ3) is 3.33. The van der Waals surface area contributed by atoms with E-state index in [-0.39, 0.29) is 10.6 Å². The Morgan fingerprint density at radius 1 is 1.25 bits per heavy atom. The van der Waals surface area contributed by atoms with Crippen molar-refractivity contribution in [1.82, 2.24) is 5.32 Å². The van der Waals surface area contributed by atoms with E-state index < -0.39 is 17.4 Å². The summed E-state index contributed by atoms with van der Waals surface area (Å²) >= 11 is 5.99. The second-order valence-electron chi connectivity index (χ2n) is 4.58. The van der Waals surface area contributed by atoms with Crippen molar-refractivity contribution in [3.8, 4) is 11.5 Å². The summed E-state index contributed by atoms with van der Waals surface area (Å²) in [7, 11) is 2.84. The molecule has 0 saturated carbocycles. The number of amides is 1. The number of halogens is 1. The van der Waals surface area contributed by atoms with Crippen LogP contribution in [0.4, 0.5) is 0 Å². The molecule has 0 aliphatic rings. The van der Waals surface area contributed by atoms with Gasteiger partial charge in [0.1, 0.15) is 5.54 Å². The van der Waals surface area contributed by atoms with E-state index in [4.69, 9.17) is 26.2 Å². The zero-order chi connectivity index (χ0) is 15.5. The summed E-state index contributed by atoms with van der Waals surface area (Å²) in [6.07, 6.45) is 0. The fourth-order valence-corrected chi connectivity index (χ4v) is 1.75. The molecule has 1 aromatic carbocycles. The number of rotatable bonds is 5. The molecule has 1 amide bonds. The lowest BCUT2D eigenvalue weighted by atomic mass is 10.0. The van der Waals surface area contributed by atoms with Gasteiger partial charge in [-0.3, -0.25) is 4.79 Å². The average Bonchev–Trinajstić information content (AvgIpc) is 2.36. The molecule has 0 saturated heterocycles. The maximum Gasteiger partial charge on any atom is 0.328 e. The van der Waals surface area contributed by atoms with Crippen molar-refractivity contribution in [1.29, 1.82) is 0 Å². The van der Waals surface area contributed by atoms with Crippen LogP contribution in [0, 0.1) is 0 Å². The molecule has 0 fully saturated rings. The molecule has 0 aliphatic carbocycles. The van der Waals surface area contributed by atoms with E-state index in [0.717, 1.165) is 0 Å². The molecule has 6 nitrogen and oxygen atoms in total. The first-order chi connectivity index (χ1) is 9.22. The molecule has 110 valence electrons. The van der Waals surface area contributed by atoms with Crippen molar-refractivity contribution in [2.24, 2.45) is 0 Å². The van der Waals surface area contributed by atoms with Crippen LogP contribution in [0.15, 0.2) is 12.1 Å². The fraction of sp³-hybridized carbons (Fsp3) is 0.385. The topological polar surface area (TPSA) is 84.9 Å². The van der Waals surface area contributed by atoms with Gasteiger partial charge < -0.3 is 19.9 Å². The highest BCUT2D eigenvalue weighted by Crippen LogP contribution is 2.36. The van der Waals surface area contributed by atoms with E-state index in [1.54, 1.807) is 0 Å². The number of methoxy groups -OCH3 is 2. The van der Waals surface area contributed by atoms with Crippen LogP contribution in [-0.4, -0.2) is 36.7 Å². The van der Waals surface area contributed by atoms with Crippen LogP contribution >= 0.6 is 11.6 Å². The minimum absolute atomic E-state index is 0.182. The molecule has 2 N–H and O–H groups in total. The number of carboxylic acids is 1. The molecule has 0 spiro atoms. The van der Waals surface area contributed by atoms with Gasteiger partial charge in [-0.25, -0.2) is 4.79 Å². The lowest BCUT2D eigenvalue weighted by Gasteiger charge is -2.21. The van der Waals surface area contributed by atoms with Gasteiger partial charge in [-0.2, -0.15) is 0 Å². The summed E-state index contributed by atoms with van der Waals surface area (Å²) in [5.41, 5.74) is -1.21. The van der Waals surface area contributed by atoms with Gasteiger partial charge >= 0.3 is 5.97 Å². The Bertz CT molecular complexity index is 542. The van der Waals surface area contributed by atoms with Gasteiger partial charge in [-0.15, -0.1) is 0 Å². The van der Waals surface area contributed by atoms with Crippen molar-refractivity contribution in [2.75, 3.05) is 14.2 Å². The molecule has 0 atom stereocenters. The summed E-state index contributed by atoms with van der Waals surface area (Å²) in [4.78, 5) is 23.0. The Kier molecular flexibility index (Phi) is 4.83. The lowest BCUT2D eigenvalue weighted by molar-refractivity contribution is -0.143. The zero-order valence-electron chi connectivity index (χ0n) is 11.6. The Labute approximate surface area is 121 Å². The van der Waals surface area contributed by atoms with E-state index in [1.165, 1.54) is 40.2 Å². The van der Waals surface area contributed by atoms with Gasteiger partial charge in [0.15, 0.2) is 11.5 Å². The van der Waals surface area contributed by atoms with Crippen LogP contribution in [0.3, 0.4) is 0 Å². The molecule has 0 aromatic heterocycles. The summed E-state index contributed by atoms with van der Waals surface area (Å²) < 4.78 is 10.1. The second kappa shape index (κ2) is 6.00. The minimum Gasteiger partial charge on any atom is -0.493 e. The quantitative estimate of drug-likeness (QED) is 0.868. The Morgan fingerprint density at radius 3 is 2.30 bits per heavy atom. The number of hydrogen-bond donors (Lipinski definition) is 2. The third-order valence-electron chi connectivity index (χ3n) is 2.66. The number of aliphatic carboxylic acids is 1. The van der Waals surface area contributed by atoms with Gasteiger partial charge in [0.2, 0.25) is 0 Å². The molecule has 20 heavy (non-hydrogen) atoms. The van der Waals surface area contributed by atoms with Crippen LogP contribution < -0.4 is 14.8 Å². The highest BCUT2D eigenvalue weighted by Gasteiger charge is 2.29. The van der Waals surface area contributed by atoms with Crippen LogP contribution in [0.25, 0.3) is 0 Å². The first-order valence-electron chi connectivity index (χ1n) is 5.70. The normalized spacial score (nSPS) is 10.8. The summed E-state index contributed by atoms with van der Waals surface area (Å²) in [6.45, 7) is 2.77. The lowest BCUT2D eigenvalue weighted by Crippen LogP contribution is -2.49. The molecule has 0 unspecified atom stereocenters. The van der Waals surface area contributed by atoms with Crippen molar-refractivity contribution >= 4 is 23.5 Å². The van der Waals surface area contributed by atoms with Crippen LogP contribution in [0.1, 0.15) is 24.2 Å². The van der Waals surface area contributed by atoms with E-state index in [9.17, 15) is 9.59 Å². The predicted octanol–water partition coefficient (Wildman–Crippen LogP) is 1.95. The Balaban J connectivity index is 3.12. The molecule has 1 aromatic rings. The molecular weight excluding hydrogens is 286 g/mol. The standard InChI is InChI=1S/C13H16ClNO5/c1-13(2,12(17)18)15-11(16)7-5-8(14)10(20-4)9(6-7)19-3/h5-6H,1-4H3,(H,15,16)(H,17,18). The molecule has 0 aliphatic heterocycles. The van der Waals surface area contributed by atoms with E-state index in [0.29, 0.717) is 11.5 Å². The van der Waals surface area contributed by atoms with E-state index in [1.807, 2.05) is 0 Å². The van der Waals surface area contributed by atoms with E-state index in [2.05, 4.69) is 5.32 Å². The highest BCUT2D eigenvalue weighted by atomic mass is 35.5. The predicted molar refractivity (Wildman–Crippen MR) is 73.7 cm³/mol. The smallest absolute Gasteiger partial charge is 0.328 e. The monoisotopic (exact) mass is 301 g/mol. The third-order valence-corrected chi connectivity index (χ3v) is 2.94. The van der Waals surface area contributed by atoms with E-state index >= 15 is 0 Å². The number of carbonyl (C=O) groups is 2. The SMILES string of the molecule is COc1cc(C(=O)NC(C)(C)C(=O)O)cc(Cl)c1OC. The molecule has 0 bridgehead atoms. The molecular formula is C13H16ClNO5. The van der Waals surface area contributed by atoms with Crippen molar-refractivity contribution in [3.05, 3.63) is 22.7 Å². The largest absolute Gasteiger partial charge is 0.493 e. The van der Waals surface area contributed by atoms with Crippen LogP contribution in [-0.2, 0) is 4.79 Å².